The number of hydrogen-bond acceptors (Lipinski definition) is 6. The molecule has 1 aromatic rings. The van der Waals surface area contributed by atoms with Gasteiger partial charge in [-0.15, -0.1) is 0 Å². The standard InChI is InChI=1S/C13H16O6/c1-4-8-16-13(15)18-19-17-12(14)11-9(2)6-5-7-10(11)3/h5-7H,4,8H2,1-3H3. The summed E-state index contributed by atoms with van der Waals surface area (Å²) in [5, 5.41) is 4.09. The van der Waals surface area contributed by atoms with Crippen LogP contribution in [0.5, 0.6) is 0 Å². The summed E-state index contributed by atoms with van der Waals surface area (Å²) in [6.45, 7) is 5.56. The molecule has 0 aliphatic heterocycles. The van der Waals surface area contributed by atoms with Crippen LogP contribution in [0.25, 0.3) is 0 Å². The van der Waals surface area contributed by atoms with Crippen LogP contribution in [-0.4, -0.2) is 18.7 Å². The van der Waals surface area contributed by atoms with E-state index in [0.717, 1.165) is 11.1 Å². The van der Waals surface area contributed by atoms with Crippen LogP contribution in [0.4, 0.5) is 4.79 Å². The zero-order valence-electron chi connectivity index (χ0n) is 11.1. The fourth-order valence-corrected chi connectivity index (χ4v) is 1.46. The molecule has 0 aliphatic rings. The minimum Gasteiger partial charge on any atom is -0.432 e. The quantitative estimate of drug-likeness (QED) is 0.464. The van der Waals surface area contributed by atoms with Crippen LogP contribution in [-0.2, 0) is 19.6 Å². The van der Waals surface area contributed by atoms with Gasteiger partial charge in [-0.05, 0) is 31.4 Å². The second kappa shape index (κ2) is 7.38. The highest BCUT2D eigenvalue weighted by atomic mass is 17.5. The van der Waals surface area contributed by atoms with Crippen molar-refractivity contribution >= 4 is 12.1 Å². The fourth-order valence-electron chi connectivity index (χ4n) is 1.46. The Morgan fingerprint density at radius 2 is 1.74 bits per heavy atom. The van der Waals surface area contributed by atoms with Gasteiger partial charge in [0.05, 0.1) is 17.2 Å². The van der Waals surface area contributed by atoms with Crippen LogP contribution in [0.1, 0.15) is 34.8 Å². The van der Waals surface area contributed by atoms with E-state index >= 15 is 0 Å². The first kappa shape index (κ1) is 15.0. The molecular weight excluding hydrogens is 252 g/mol. The molecule has 0 aromatic heterocycles. The summed E-state index contributed by atoms with van der Waals surface area (Å²) >= 11 is 0. The van der Waals surface area contributed by atoms with Gasteiger partial charge < -0.3 is 4.74 Å². The Balaban J connectivity index is 2.46. The molecule has 0 aliphatic carbocycles. The Kier molecular flexibility index (Phi) is 5.81. The average molecular weight is 268 g/mol. The Labute approximate surface area is 111 Å². The Morgan fingerprint density at radius 1 is 1.11 bits per heavy atom. The Hall–Kier alpha value is -2.08. The third-order valence-corrected chi connectivity index (χ3v) is 2.32. The van der Waals surface area contributed by atoms with Crippen LogP contribution < -0.4 is 0 Å². The second-order valence-electron chi connectivity index (χ2n) is 3.89. The lowest BCUT2D eigenvalue weighted by molar-refractivity contribution is -0.452. The molecule has 6 heteroatoms. The summed E-state index contributed by atoms with van der Waals surface area (Å²) in [7, 11) is 0. The third kappa shape index (κ3) is 4.59. The normalized spacial score (nSPS) is 9.84. The molecule has 6 nitrogen and oxygen atoms in total. The maximum absolute atomic E-state index is 11.7. The molecule has 104 valence electrons. The number of ether oxygens (including phenoxy) is 1. The van der Waals surface area contributed by atoms with E-state index in [1.54, 1.807) is 26.0 Å². The van der Waals surface area contributed by atoms with E-state index in [1.807, 2.05) is 13.0 Å². The van der Waals surface area contributed by atoms with Gasteiger partial charge in [-0.3, -0.25) is 4.89 Å². The zero-order chi connectivity index (χ0) is 14.3. The van der Waals surface area contributed by atoms with Crippen LogP contribution in [0.3, 0.4) is 0 Å². The SMILES string of the molecule is CCCOC(=O)OOOC(=O)c1c(C)cccc1C. The van der Waals surface area contributed by atoms with E-state index in [1.165, 1.54) is 0 Å². The predicted molar refractivity (Wildman–Crippen MR) is 65.1 cm³/mol. The van der Waals surface area contributed by atoms with Gasteiger partial charge >= 0.3 is 12.1 Å². The lowest BCUT2D eigenvalue weighted by Crippen LogP contribution is -2.14. The zero-order valence-corrected chi connectivity index (χ0v) is 11.1. The highest BCUT2D eigenvalue weighted by Gasteiger charge is 2.16. The van der Waals surface area contributed by atoms with Gasteiger partial charge in [0.2, 0.25) is 0 Å². The van der Waals surface area contributed by atoms with Crippen molar-refractivity contribution in [2.24, 2.45) is 0 Å². The number of aryl methyl sites for hydroxylation is 2. The first-order chi connectivity index (χ1) is 9.06. The maximum atomic E-state index is 11.7. The molecule has 0 saturated carbocycles. The average Bonchev–Trinajstić information content (AvgIpc) is 2.36. The van der Waals surface area contributed by atoms with Crippen molar-refractivity contribution in [3.63, 3.8) is 0 Å². The Bertz CT molecular complexity index is 434. The molecule has 0 saturated heterocycles. The van der Waals surface area contributed by atoms with Gasteiger partial charge in [0, 0.05) is 0 Å². The molecule has 0 bridgehead atoms. The maximum Gasteiger partial charge on any atom is 0.543 e. The summed E-state index contributed by atoms with van der Waals surface area (Å²) in [5.41, 5.74) is 1.84. The van der Waals surface area contributed by atoms with E-state index < -0.39 is 12.1 Å². The number of carbonyl (C=O) groups excluding carboxylic acids is 2. The summed E-state index contributed by atoms with van der Waals surface area (Å²) in [6.07, 6.45) is -0.409. The lowest BCUT2D eigenvalue weighted by atomic mass is 10.0. The van der Waals surface area contributed by atoms with Crippen LogP contribution in [0.2, 0.25) is 0 Å². The van der Waals surface area contributed by atoms with Crippen LogP contribution in [0.15, 0.2) is 18.2 Å². The van der Waals surface area contributed by atoms with Gasteiger partial charge in [-0.2, -0.15) is 0 Å². The topological polar surface area (TPSA) is 71.1 Å². The largest absolute Gasteiger partial charge is 0.543 e. The van der Waals surface area contributed by atoms with E-state index in [9.17, 15) is 9.59 Å². The fraction of sp³-hybridized carbons (Fsp3) is 0.385. The summed E-state index contributed by atoms with van der Waals surface area (Å²) in [4.78, 5) is 31.1. The molecule has 1 aromatic carbocycles. The number of carbonyl (C=O) groups is 2. The van der Waals surface area contributed by atoms with Crippen molar-refractivity contribution in [1.29, 1.82) is 0 Å². The van der Waals surface area contributed by atoms with E-state index in [4.69, 9.17) is 0 Å². The molecule has 0 fully saturated rings. The van der Waals surface area contributed by atoms with Crippen LogP contribution >= 0.6 is 0 Å². The molecule has 0 heterocycles. The molecule has 19 heavy (non-hydrogen) atoms. The van der Waals surface area contributed by atoms with Crippen LogP contribution in [0, 0.1) is 13.8 Å². The highest BCUT2D eigenvalue weighted by Crippen LogP contribution is 2.14. The molecule has 0 spiro atoms. The third-order valence-electron chi connectivity index (χ3n) is 2.32. The number of rotatable bonds is 5. The molecule has 0 N–H and O–H groups in total. The van der Waals surface area contributed by atoms with Crippen molar-refractivity contribution in [2.75, 3.05) is 6.61 Å². The summed E-state index contributed by atoms with van der Waals surface area (Å²) in [6, 6.07) is 5.35. The van der Waals surface area contributed by atoms with Crippen molar-refractivity contribution in [3.8, 4) is 0 Å². The second-order valence-corrected chi connectivity index (χ2v) is 3.89. The van der Waals surface area contributed by atoms with Gasteiger partial charge in [-0.25, -0.2) is 14.5 Å². The molecule has 0 unspecified atom stereocenters. The minimum absolute atomic E-state index is 0.201. The molecule has 1 rings (SSSR count). The number of hydrogen-bond donors (Lipinski definition) is 0. The van der Waals surface area contributed by atoms with Gasteiger partial charge in [0.15, 0.2) is 0 Å². The molecular formula is C13H16O6. The van der Waals surface area contributed by atoms with E-state index in [0.29, 0.717) is 12.0 Å². The number of benzene rings is 1. The predicted octanol–water partition coefficient (Wildman–Crippen LogP) is 2.87. The first-order valence-corrected chi connectivity index (χ1v) is 5.84. The monoisotopic (exact) mass is 268 g/mol. The van der Waals surface area contributed by atoms with Crippen molar-refractivity contribution in [1.82, 2.24) is 0 Å². The highest BCUT2D eigenvalue weighted by molar-refractivity contribution is 5.92. The van der Waals surface area contributed by atoms with Gasteiger partial charge in [0.1, 0.15) is 0 Å². The summed E-state index contributed by atoms with van der Waals surface area (Å²) in [5.74, 6) is -0.737. The van der Waals surface area contributed by atoms with Crippen molar-refractivity contribution in [3.05, 3.63) is 34.9 Å². The lowest BCUT2D eigenvalue weighted by Gasteiger charge is -2.07. The van der Waals surface area contributed by atoms with E-state index in [2.05, 4.69) is 19.6 Å². The summed E-state index contributed by atoms with van der Waals surface area (Å²) < 4.78 is 4.55. The Morgan fingerprint density at radius 3 is 2.32 bits per heavy atom. The minimum atomic E-state index is -1.06. The van der Waals surface area contributed by atoms with E-state index in [-0.39, 0.29) is 6.61 Å². The molecule has 0 atom stereocenters. The molecule has 0 radical (unpaired) electrons. The molecule has 0 amide bonds. The van der Waals surface area contributed by atoms with Gasteiger partial charge in [0.25, 0.3) is 0 Å². The van der Waals surface area contributed by atoms with Crippen molar-refractivity contribution in [2.45, 2.75) is 27.2 Å². The first-order valence-electron chi connectivity index (χ1n) is 5.84. The smallest absolute Gasteiger partial charge is 0.432 e. The van der Waals surface area contributed by atoms with Crippen molar-refractivity contribution < 1.29 is 29.1 Å². The van der Waals surface area contributed by atoms with Gasteiger partial charge in [-0.1, -0.05) is 25.1 Å².